The minimum Gasteiger partial charge on any atom is -0.504 e. The van der Waals surface area contributed by atoms with Gasteiger partial charge in [-0.15, -0.1) is 0 Å². The van der Waals surface area contributed by atoms with E-state index in [1.807, 2.05) is 21.1 Å². The Bertz CT molecular complexity index is 554. The lowest BCUT2D eigenvalue weighted by Gasteiger charge is -2.28. The number of hydrogen-bond donors (Lipinski definition) is 4. The molecule has 4 N–H and O–H groups in total. The molecule has 1 atom stereocenters. The van der Waals surface area contributed by atoms with E-state index in [9.17, 15) is 24.9 Å². The Balaban J connectivity index is 2.93. The lowest BCUT2D eigenvalue weighted by molar-refractivity contribution is -0.873. The molecule has 22 heavy (non-hydrogen) atoms. The average molecular weight is 314 g/mol. The van der Waals surface area contributed by atoms with Gasteiger partial charge in [-0.2, -0.15) is 0 Å². The first kappa shape index (κ1) is 17.6. The molecule has 1 aromatic carbocycles. The van der Waals surface area contributed by atoms with E-state index in [1.165, 1.54) is 0 Å². The Morgan fingerprint density at radius 1 is 1.14 bits per heavy atom. The lowest BCUT2D eigenvalue weighted by Crippen LogP contribution is -2.43. The fraction of sp³-hybridized carbons (Fsp3) is 0.429. The highest BCUT2D eigenvalue weighted by molar-refractivity contribution is 5.91. The van der Waals surface area contributed by atoms with Crippen LogP contribution in [0.5, 0.6) is 17.2 Å². The monoisotopic (exact) mass is 314 g/mol. The Morgan fingerprint density at radius 3 is 2.05 bits per heavy atom. The highest BCUT2D eigenvalue weighted by Crippen LogP contribution is 2.35. The van der Waals surface area contributed by atoms with Crippen molar-refractivity contribution < 1.29 is 39.2 Å². The van der Waals surface area contributed by atoms with Crippen molar-refractivity contribution in [2.45, 2.75) is 12.5 Å². The van der Waals surface area contributed by atoms with Crippen LogP contribution in [0.1, 0.15) is 16.8 Å². The van der Waals surface area contributed by atoms with Crippen LogP contribution < -0.4 is 0 Å². The van der Waals surface area contributed by atoms with E-state index in [2.05, 4.69) is 0 Å². The van der Waals surface area contributed by atoms with Crippen LogP contribution in [0.2, 0.25) is 0 Å². The fourth-order valence-corrected chi connectivity index (χ4v) is 1.89. The Hall–Kier alpha value is -2.48. The number of nitrogens with zero attached hydrogens (tertiary/aromatic N) is 1. The SMILES string of the molecule is C[N+](C)(C)C[C@@H](CC(=O)O)OC(=O)c1cc(O)c(O)c(O)c1. The zero-order valence-corrected chi connectivity index (χ0v) is 12.6. The summed E-state index contributed by atoms with van der Waals surface area (Å²) < 4.78 is 5.52. The first-order valence-electron chi connectivity index (χ1n) is 6.48. The standard InChI is InChI=1S/C14H19NO7/c1-15(2,3)7-9(6-12(18)19)22-14(21)8-4-10(16)13(20)11(17)5-8/h4-5,9H,6-7H2,1-3H3,(H3-,16,17,18,19,20,21)/p+1/t9-/m1/s1. The van der Waals surface area contributed by atoms with Crippen LogP contribution in [-0.2, 0) is 9.53 Å². The van der Waals surface area contributed by atoms with Crippen molar-refractivity contribution in [1.29, 1.82) is 0 Å². The van der Waals surface area contributed by atoms with Gasteiger partial charge in [0.25, 0.3) is 0 Å². The number of likely N-dealkylation sites (N-methyl/N-ethyl adjacent to an activating group) is 1. The molecular formula is C14H20NO7+. The quantitative estimate of drug-likeness (QED) is 0.342. The third kappa shape index (κ3) is 5.13. The summed E-state index contributed by atoms with van der Waals surface area (Å²) in [5.74, 6) is -4.10. The maximum atomic E-state index is 12.0. The number of phenols is 3. The molecule has 0 fully saturated rings. The molecule has 8 nitrogen and oxygen atoms in total. The molecule has 0 aliphatic rings. The van der Waals surface area contributed by atoms with E-state index in [0.717, 1.165) is 12.1 Å². The van der Waals surface area contributed by atoms with Crippen LogP contribution in [0.3, 0.4) is 0 Å². The van der Waals surface area contributed by atoms with Gasteiger partial charge in [-0.05, 0) is 12.1 Å². The number of quaternary nitrogens is 1. The first-order valence-corrected chi connectivity index (χ1v) is 6.48. The minimum atomic E-state index is -1.11. The summed E-state index contributed by atoms with van der Waals surface area (Å²) in [5, 5.41) is 36.9. The van der Waals surface area contributed by atoms with Crippen molar-refractivity contribution in [1.82, 2.24) is 0 Å². The second-order valence-electron chi connectivity index (χ2n) is 5.96. The zero-order valence-electron chi connectivity index (χ0n) is 12.6. The molecule has 0 saturated carbocycles. The van der Waals surface area contributed by atoms with Crippen molar-refractivity contribution >= 4 is 11.9 Å². The van der Waals surface area contributed by atoms with Crippen LogP contribution in [0.4, 0.5) is 0 Å². The Labute approximate surface area is 127 Å². The summed E-state index contributed by atoms with van der Waals surface area (Å²) in [7, 11) is 5.46. The van der Waals surface area contributed by atoms with E-state index >= 15 is 0 Å². The number of hydrogen-bond acceptors (Lipinski definition) is 6. The van der Waals surface area contributed by atoms with Gasteiger partial charge < -0.3 is 29.6 Å². The number of phenolic OH excluding ortho intramolecular Hbond substituents is 3. The summed E-state index contributed by atoms with van der Waals surface area (Å²) in [6, 6.07) is 1.86. The van der Waals surface area contributed by atoms with Crippen LogP contribution in [0.25, 0.3) is 0 Å². The fourth-order valence-electron chi connectivity index (χ4n) is 1.89. The second-order valence-corrected chi connectivity index (χ2v) is 5.96. The second kappa shape index (κ2) is 6.52. The molecule has 0 aliphatic carbocycles. The summed E-state index contributed by atoms with van der Waals surface area (Å²) in [4.78, 5) is 22.9. The minimum absolute atomic E-state index is 0.190. The summed E-state index contributed by atoms with van der Waals surface area (Å²) in [6.45, 7) is 0.272. The Kier molecular flexibility index (Phi) is 5.21. The molecule has 0 unspecified atom stereocenters. The molecule has 1 aromatic rings. The molecule has 0 aromatic heterocycles. The van der Waals surface area contributed by atoms with Crippen LogP contribution in [0, 0.1) is 0 Å². The van der Waals surface area contributed by atoms with Gasteiger partial charge in [0.1, 0.15) is 6.54 Å². The first-order chi connectivity index (χ1) is 9.99. The maximum Gasteiger partial charge on any atom is 0.338 e. The van der Waals surface area contributed by atoms with Crippen molar-refractivity contribution in [3.63, 3.8) is 0 Å². The number of esters is 1. The number of carboxylic acid groups (broad SMARTS) is 1. The van der Waals surface area contributed by atoms with Gasteiger partial charge in [0.15, 0.2) is 23.4 Å². The zero-order chi connectivity index (χ0) is 17.1. The highest BCUT2D eigenvalue weighted by atomic mass is 16.5. The van der Waals surface area contributed by atoms with Gasteiger partial charge in [-0.25, -0.2) is 4.79 Å². The molecule has 0 aliphatic heterocycles. The van der Waals surface area contributed by atoms with Crippen molar-refractivity contribution in [2.24, 2.45) is 0 Å². The third-order valence-corrected chi connectivity index (χ3v) is 2.73. The number of aliphatic carboxylic acids is 1. The number of aromatic hydroxyl groups is 3. The predicted octanol–water partition coefficient (Wildman–Crippen LogP) is 0.510. The molecule has 122 valence electrons. The van der Waals surface area contributed by atoms with E-state index in [1.54, 1.807) is 0 Å². The van der Waals surface area contributed by atoms with Crippen LogP contribution >= 0.6 is 0 Å². The maximum absolute atomic E-state index is 12.0. The van der Waals surface area contributed by atoms with Crippen LogP contribution in [0.15, 0.2) is 12.1 Å². The molecule has 1 rings (SSSR count). The van der Waals surface area contributed by atoms with Crippen LogP contribution in [-0.4, -0.2) is 70.6 Å². The molecular weight excluding hydrogens is 294 g/mol. The van der Waals surface area contributed by atoms with Crippen molar-refractivity contribution in [2.75, 3.05) is 27.7 Å². The topological polar surface area (TPSA) is 124 Å². The van der Waals surface area contributed by atoms with Gasteiger partial charge in [0, 0.05) is 0 Å². The predicted molar refractivity (Wildman–Crippen MR) is 75.8 cm³/mol. The van der Waals surface area contributed by atoms with E-state index < -0.39 is 35.3 Å². The van der Waals surface area contributed by atoms with Gasteiger partial charge in [-0.3, -0.25) is 4.79 Å². The van der Waals surface area contributed by atoms with Gasteiger partial charge in [0.2, 0.25) is 0 Å². The molecule has 0 heterocycles. The molecule has 8 heteroatoms. The number of carboxylic acids is 1. The number of rotatable bonds is 6. The van der Waals surface area contributed by atoms with Gasteiger partial charge in [0.05, 0.1) is 33.1 Å². The van der Waals surface area contributed by atoms with E-state index in [0.29, 0.717) is 4.48 Å². The summed E-state index contributed by atoms with van der Waals surface area (Å²) >= 11 is 0. The normalized spacial score (nSPS) is 12.7. The number of carbonyl (C=O) groups is 2. The smallest absolute Gasteiger partial charge is 0.338 e. The third-order valence-electron chi connectivity index (χ3n) is 2.73. The molecule has 0 bridgehead atoms. The largest absolute Gasteiger partial charge is 0.504 e. The number of carbonyl (C=O) groups excluding carboxylic acids is 1. The summed E-state index contributed by atoms with van der Waals surface area (Å²) in [6.07, 6.45) is -1.24. The van der Waals surface area contributed by atoms with Crippen molar-refractivity contribution in [3.05, 3.63) is 17.7 Å². The van der Waals surface area contributed by atoms with E-state index in [4.69, 9.17) is 9.84 Å². The van der Waals surface area contributed by atoms with Gasteiger partial charge >= 0.3 is 11.9 Å². The molecule has 0 amide bonds. The van der Waals surface area contributed by atoms with E-state index in [-0.39, 0.29) is 18.5 Å². The Morgan fingerprint density at radius 2 is 1.64 bits per heavy atom. The van der Waals surface area contributed by atoms with Gasteiger partial charge in [-0.1, -0.05) is 0 Å². The number of benzene rings is 1. The average Bonchev–Trinajstić information content (AvgIpc) is 2.32. The summed E-state index contributed by atoms with van der Waals surface area (Å²) in [5.41, 5.74) is -0.190. The molecule has 0 saturated heterocycles. The lowest BCUT2D eigenvalue weighted by atomic mass is 10.1. The number of ether oxygens (including phenoxy) is 1. The van der Waals surface area contributed by atoms with Crippen molar-refractivity contribution in [3.8, 4) is 17.2 Å². The molecule has 0 spiro atoms. The molecule has 0 radical (unpaired) electrons. The highest BCUT2D eigenvalue weighted by Gasteiger charge is 2.26.